The van der Waals surface area contributed by atoms with Crippen LogP contribution in [-0.2, 0) is 6.54 Å². The highest BCUT2D eigenvalue weighted by atomic mass is 79.9. The Hall–Kier alpha value is -2.13. The van der Waals surface area contributed by atoms with Gasteiger partial charge in [0.05, 0.1) is 0 Å². The quantitative estimate of drug-likeness (QED) is 0.691. The number of hydrogen-bond donors (Lipinski definition) is 1. The van der Waals surface area contributed by atoms with E-state index in [0.29, 0.717) is 5.75 Å². The van der Waals surface area contributed by atoms with Gasteiger partial charge < -0.3 is 22.1 Å². The van der Waals surface area contributed by atoms with Crippen LogP contribution >= 0.6 is 0 Å². The van der Waals surface area contributed by atoms with Crippen LogP contribution in [0.25, 0.3) is 22.9 Å². The van der Waals surface area contributed by atoms with Crippen molar-refractivity contribution in [3.05, 3.63) is 72.1 Å². The normalized spacial score (nSPS) is 10.8. The van der Waals surface area contributed by atoms with Crippen LogP contribution in [0, 0.1) is 0 Å². The Kier molecular flexibility index (Phi) is 5.94. The molecule has 0 aliphatic carbocycles. The van der Waals surface area contributed by atoms with Gasteiger partial charge >= 0.3 is 0 Å². The van der Waals surface area contributed by atoms with Gasteiger partial charge in [-0.05, 0) is 40.1 Å². The van der Waals surface area contributed by atoms with Crippen LogP contribution in [0.3, 0.4) is 0 Å². The minimum atomic E-state index is 0. The fraction of sp³-hybridized carbons (Fsp3) is 0.150. The molecule has 0 bridgehead atoms. The lowest BCUT2D eigenvalue weighted by molar-refractivity contribution is -0.697. The summed E-state index contributed by atoms with van der Waals surface area (Å²) in [6.07, 6.45) is 9.62. The second-order valence-corrected chi connectivity index (χ2v) is 5.49. The predicted molar refractivity (Wildman–Crippen MR) is 91.5 cm³/mol. The number of aromatic hydroxyl groups is 1. The number of rotatable bonds is 4. The molecule has 2 nitrogen and oxygen atoms in total. The first kappa shape index (κ1) is 17.2. The Morgan fingerprint density at radius 3 is 2.26 bits per heavy atom. The summed E-state index contributed by atoms with van der Waals surface area (Å²) in [5.41, 5.74) is 2.35. The molecule has 0 amide bonds. The van der Waals surface area contributed by atoms with Crippen molar-refractivity contribution in [3.63, 3.8) is 0 Å². The summed E-state index contributed by atoms with van der Waals surface area (Å²) in [6, 6.07) is 15.9. The van der Waals surface area contributed by atoms with E-state index in [0.717, 1.165) is 29.3 Å². The maximum absolute atomic E-state index is 9.50. The molecule has 0 unspecified atom stereocenters. The molecule has 0 aliphatic rings. The minimum Gasteiger partial charge on any atom is -1.00 e. The number of aryl methyl sites for hydroxylation is 1. The molecule has 3 rings (SSSR count). The van der Waals surface area contributed by atoms with Gasteiger partial charge in [-0.25, -0.2) is 4.57 Å². The van der Waals surface area contributed by atoms with Crippen LogP contribution in [0.15, 0.2) is 60.9 Å². The Morgan fingerprint density at radius 1 is 0.870 bits per heavy atom. The number of aromatic nitrogens is 1. The highest BCUT2D eigenvalue weighted by Gasteiger charge is 1.98. The number of fused-ring (bicyclic) bond motifs is 1. The highest BCUT2D eigenvalue weighted by molar-refractivity contribution is 5.87. The summed E-state index contributed by atoms with van der Waals surface area (Å²) in [5.74, 6) is 0.306. The molecule has 118 valence electrons. The summed E-state index contributed by atoms with van der Waals surface area (Å²) < 4.78 is 2.19. The molecule has 1 N–H and O–H groups in total. The van der Waals surface area contributed by atoms with Gasteiger partial charge in [0.1, 0.15) is 12.3 Å². The monoisotopic (exact) mass is 369 g/mol. The van der Waals surface area contributed by atoms with Crippen LogP contribution in [0.5, 0.6) is 5.75 Å². The van der Waals surface area contributed by atoms with E-state index in [1.165, 1.54) is 5.56 Å². The lowest BCUT2D eigenvalue weighted by Gasteiger charge is -2.01. The smallest absolute Gasteiger partial charge is 0.169 e. The van der Waals surface area contributed by atoms with Crippen molar-refractivity contribution in [3.8, 4) is 5.75 Å². The third kappa shape index (κ3) is 4.42. The molecule has 0 saturated heterocycles. The summed E-state index contributed by atoms with van der Waals surface area (Å²) in [7, 11) is 0. The summed E-state index contributed by atoms with van der Waals surface area (Å²) in [6.45, 7) is 3.24. The first-order chi connectivity index (χ1) is 10.7. The number of phenols is 1. The topological polar surface area (TPSA) is 24.1 Å². The lowest BCUT2D eigenvalue weighted by atomic mass is 10.1. The second kappa shape index (κ2) is 7.93. The van der Waals surface area contributed by atoms with Crippen LogP contribution in [0.2, 0.25) is 0 Å². The van der Waals surface area contributed by atoms with Gasteiger partial charge in [0.15, 0.2) is 12.4 Å². The SMILES string of the molecule is CCC[n+]1ccc(/C=C/c2ccc3cc(O)ccc3c2)cc1.[Br-]. The molecular formula is C20H20BrNO. The average Bonchev–Trinajstić information content (AvgIpc) is 2.54. The fourth-order valence-corrected chi connectivity index (χ4v) is 2.53. The van der Waals surface area contributed by atoms with Gasteiger partial charge in [0.25, 0.3) is 0 Å². The third-order valence-corrected chi connectivity index (χ3v) is 3.71. The van der Waals surface area contributed by atoms with Crippen molar-refractivity contribution in [1.82, 2.24) is 0 Å². The molecule has 3 aromatic rings. The molecule has 0 fully saturated rings. The Labute approximate surface area is 147 Å². The molecule has 3 heteroatoms. The van der Waals surface area contributed by atoms with E-state index in [-0.39, 0.29) is 17.0 Å². The zero-order valence-electron chi connectivity index (χ0n) is 13.1. The Balaban J connectivity index is 0.00000192. The molecule has 1 heterocycles. The van der Waals surface area contributed by atoms with Crippen molar-refractivity contribution in [2.45, 2.75) is 19.9 Å². The van der Waals surface area contributed by atoms with E-state index in [9.17, 15) is 5.11 Å². The molecule has 0 saturated carbocycles. The van der Waals surface area contributed by atoms with E-state index in [1.807, 2.05) is 12.1 Å². The van der Waals surface area contributed by atoms with Crippen molar-refractivity contribution in [1.29, 1.82) is 0 Å². The number of hydrogen-bond acceptors (Lipinski definition) is 1. The van der Waals surface area contributed by atoms with Crippen molar-refractivity contribution >= 4 is 22.9 Å². The van der Waals surface area contributed by atoms with E-state index >= 15 is 0 Å². The van der Waals surface area contributed by atoms with Gasteiger partial charge in [0.2, 0.25) is 0 Å². The summed E-state index contributed by atoms with van der Waals surface area (Å²) in [5, 5.41) is 11.7. The van der Waals surface area contributed by atoms with Crippen molar-refractivity contribution in [2.24, 2.45) is 0 Å². The van der Waals surface area contributed by atoms with Gasteiger partial charge in [-0.3, -0.25) is 0 Å². The standard InChI is InChI=1S/C20H19NO.BrH/c1-2-11-21-12-9-16(10-13-21)3-4-17-5-6-19-15-20(22)8-7-18(19)14-17;/h3-10,12-15H,2,11H2,1H3;1H. The molecule has 0 aliphatic heterocycles. The fourth-order valence-electron chi connectivity index (χ4n) is 2.53. The zero-order valence-corrected chi connectivity index (χ0v) is 14.7. The first-order valence-electron chi connectivity index (χ1n) is 7.64. The van der Waals surface area contributed by atoms with E-state index in [4.69, 9.17) is 0 Å². The van der Waals surface area contributed by atoms with E-state index in [1.54, 1.807) is 12.1 Å². The van der Waals surface area contributed by atoms with Gasteiger partial charge in [-0.2, -0.15) is 0 Å². The summed E-state index contributed by atoms with van der Waals surface area (Å²) in [4.78, 5) is 0. The predicted octanol–water partition coefficient (Wildman–Crippen LogP) is 1.42. The Morgan fingerprint density at radius 2 is 1.52 bits per heavy atom. The molecule has 0 atom stereocenters. The third-order valence-electron chi connectivity index (χ3n) is 3.71. The average molecular weight is 370 g/mol. The second-order valence-electron chi connectivity index (χ2n) is 5.49. The molecular weight excluding hydrogens is 350 g/mol. The first-order valence-corrected chi connectivity index (χ1v) is 7.64. The molecule has 2 aromatic carbocycles. The summed E-state index contributed by atoms with van der Waals surface area (Å²) >= 11 is 0. The van der Waals surface area contributed by atoms with Crippen molar-refractivity contribution in [2.75, 3.05) is 0 Å². The number of phenolic OH excluding ortho intramolecular Hbond substituents is 1. The van der Waals surface area contributed by atoms with Crippen LogP contribution in [0.4, 0.5) is 0 Å². The van der Waals surface area contributed by atoms with Gasteiger partial charge in [-0.1, -0.05) is 37.3 Å². The van der Waals surface area contributed by atoms with Crippen LogP contribution in [0.1, 0.15) is 24.5 Å². The maximum Gasteiger partial charge on any atom is 0.169 e. The molecule has 0 radical (unpaired) electrons. The van der Waals surface area contributed by atoms with E-state index in [2.05, 4.69) is 60.3 Å². The number of pyridine rings is 1. The van der Waals surface area contributed by atoms with Crippen LogP contribution in [-0.4, -0.2) is 5.11 Å². The lowest BCUT2D eigenvalue weighted by Crippen LogP contribution is -3.00. The van der Waals surface area contributed by atoms with Crippen LogP contribution < -0.4 is 21.5 Å². The zero-order chi connectivity index (χ0) is 15.4. The van der Waals surface area contributed by atoms with E-state index < -0.39 is 0 Å². The molecule has 0 spiro atoms. The number of benzene rings is 2. The highest BCUT2D eigenvalue weighted by Crippen LogP contribution is 2.21. The van der Waals surface area contributed by atoms with Gasteiger partial charge in [-0.15, -0.1) is 0 Å². The minimum absolute atomic E-state index is 0. The number of nitrogens with zero attached hydrogens (tertiary/aromatic N) is 1. The largest absolute Gasteiger partial charge is 1.00 e. The molecule has 1 aromatic heterocycles. The van der Waals surface area contributed by atoms with Crippen molar-refractivity contribution < 1.29 is 26.7 Å². The Bertz CT molecular complexity index is 809. The molecule has 23 heavy (non-hydrogen) atoms. The number of halogens is 1. The maximum atomic E-state index is 9.50. The van der Waals surface area contributed by atoms with Gasteiger partial charge in [0, 0.05) is 18.6 Å².